The van der Waals surface area contributed by atoms with E-state index >= 15 is 0 Å². The normalized spacial score (nSPS) is 8.65. The first-order valence-electron chi connectivity index (χ1n) is 13.7. The number of aliphatic hydroxyl groups is 1. The van der Waals surface area contributed by atoms with Crippen molar-refractivity contribution >= 4 is 49.6 Å². The number of alkyl carbamates (subject to hydrolysis) is 1. The molecule has 0 bridgehead atoms. The topological polar surface area (TPSA) is 257 Å². The molecule has 22 heteroatoms. The van der Waals surface area contributed by atoms with Crippen LogP contribution >= 0.6 is 25.3 Å². The molecular weight excluding hydrogens is 685 g/mol. The summed E-state index contributed by atoms with van der Waals surface area (Å²) in [4.78, 5) is 62.2. The first-order valence-corrected chi connectivity index (χ1v) is 14.9. The van der Waals surface area contributed by atoms with E-state index in [0.29, 0.717) is 18.8 Å². The largest absolute Gasteiger partial charge is 0.511 e. The van der Waals surface area contributed by atoms with Gasteiger partial charge in [0.15, 0.2) is 0 Å². The molecule has 0 radical (unpaired) electrons. The van der Waals surface area contributed by atoms with Gasteiger partial charge in [-0.2, -0.15) is 34.8 Å². The minimum absolute atomic E-state index is 0.190. The Morgan fingerprint density at radius 3 is 1.51 bits per heavy atom. The highest BCUT2D eigenvalue weighted by Crippen LogP contribution is 1.92. The van der Waals surface area contributed by atoms with Crippen LogP contribution in [-0.2, 0) is 14.2 Å². The molecule has 0 aliphatic heterocycles. The van der Waals surface area contributed by atoms with Gasteiger partial charge in [-0.25, -0.2) is 34.5 Å². The van der Waals surface area contributed by atoms with E-state index in [0.717, 1.165) is 12.9 Å². The number of nitrogens with two attached hydrogens (primary N) is 1. The Balaban J connectivity index is 0. The summed E-state index contributed by atoms with van der Waals surface area (Å²) in [6, 6.07) is -0.190. The van der Waals surface area contributed by atoms with Gasteiger partial charge in [0.1, 0.15) is 37.4 Å². The Morgan fingerprint density at radius 1 is 0.776 bits per heavy atom. The van der Waals surface area contributed by atoms with E-state index in [2.05, 4.69) is 74.7 Å². The third-order valence-electron chi connectivity index (χ3n) is 4.41. The molecule has 5 aromatic heterocycles. The van der Waals surface area contributed by atoms with E-state index in [-0.39, 0.29) is 6.03 Å². The fraction of sp³-hybridized carbons (Fsp3) is 0.296. The molecule has 0 saturated heterocycles. The average Bonchev–Trinajstić information content (AvgIpc) is 4.01. The van der Waals surface area contributed by atoms with Gasteiger partial charge >= 0.3 is 24.3 Å². The van der Waals surface area contributed by atoms with Gasteiger partial charge < -0.3 is 35.4 Å². The number of H-pyrrole nitrogens is 3. The number of hydrogen-bond donors (Lipinski definition) is 6. The fourth-order valence-corrected chi connectivity index (χ4v) is 2.45. The van der Waals surface area contributed by atoms with Crippen LogP contribution in [0, 0.1) is 0 Å². The number of methoxy groups -OCH3 is 3. The number of aliphatic hydroxyl groups excluding tert-OH is 1. The molecule has 5 heterocycles. The van der Waals surface area contributed by atoms with Crippen molar-refractivity contribution in [2.45, 2.75) is 0 Å². The Labute approximate surface area is 293 Å². The molecule has 270 valence electrons. The number of nitrogens with zero attached hydrogens (tertiary/aromatic N) is 7. The maximum absolute atomic E-state index is 11.4. The van der Waals surface area contributed by atoms with Gasteiger partial charge in [-0.3, -0.25) is 9.13 Å². The molecule has 0 atom stereocenters. The molecule has 1 amide bonds. The van der Waals surface area contributed by atoms with Crippen molar-refractivity contribution in [1.29, 1.82) is 0 Å². The van der Waals surface area contributed by atoms with Crippen LogP contribution in [0.5, 0.6) is 0 Å². The lowest BCUT2D eigenvalue weighted by molar-refractivity contribution is -0.377. The maximum Gasteiger partial charge on any atom is 0.511 e. The van der Waals surface area contributed by atoms with Crippen molar-refractivity contribution < 1.29 is 48.5 Å². The first-order chi connectivity index (χ1) is 23.8. The van der Waals surface area contributed by atoms with Crippen molar-refractivity contribution in [3.63, 3.8) is 0 Å². The molecule has 20 nitrogen and oxygen atoms in total. The monoisotopic (exact) mass is 728 g/mol. The van der Waals surface area contributed by atoms with E-state index in [1.807, 2.05) is 0 Å². The smallest absolute Gasteiger partial charge is 0.453 e. The lowest BCUT2D eigenvalue weighted by atomic mass is 10.7. The van der Waals surface area contributed by atoms with E-state index in [4.69, 9.17) is 10.8 Å². The minimum Gasteiger partial charge on any atom is -0.453 e. The summed E-state index contributed by atoms with van der Waals surface area (Å²) in [6.07, 6.45) is 22.5. The molecule has 0 fully saturated rings. The van der Waals surface area contributed by atoms with E-state index < -0.39 is 18.3 Å². The van der Waals surface area contributed by atoms with Crippen LogP contribution < -0.4 is 21.0 Å². The zero-order valence-corrected chi connectivity index (χ0v) is 29.2. The first kappa shape index (κ1) is 45.7. The van der Waals surface area contributed by atoms with Crippen LogP contribution in [0.1, 0.15) is 0 Å². The lowest BCUT2D eigenvalue weighted by Gasteiger charge is -1.98. The number of carbonyl (C=O) groups is 4. The highest BCUT2D eigenvalue weighted by Gasteiger charge is 2.08. The molecule has 0 saturated carbocycles. The second-order valence-electron chi connectivity index (χ2n) is 7.61. The van der Waals surface area contributed by atoms with Gasteiger partial charge in [0.05, 0.1) is 27.7 Å². The standard InChI is InChI=1S/C7H6N4O.2C5H6N2O2.C4H9NO2S.C3H4N2.C2H7NS.CH4O/c12-7(10-3-1-8-5-10)11-4-2-9-6-11;2*1-9-5(8)7-3-2-6-4-7;1-7-4(6)5-2-3-8;1-2-5-3-4-1;3-1-2-4;1-2/h1-6H;2*2-4H,1H3;8H,2-3H2,1H3,(H,5,6);1-3H,(H,4,5);4H,1-3H2;2H,1H3/p+2. The van der Waals surface area contributed by atoms with Gasteiger partial charge in [0, 0.05) is 68.9 Å². The third-order valence-corrected chi connectivity index (χ3v) is 4.89. The summed E-state index contributed by atoms with van der Waals surface area (Å²) in [6.45, 7) is 1.24. The molecule has 49 heavy (non-hydrogen) atoms. The summed E-state index contributed by atoms with van der Waals surface area (Å²) in [5.74, 6) is 1.43. The highest BCUT2D eigenvalue weighted by atomic mass is 32.1. The number of amides is 1. The van der Waals surface area contributed by atoms with Crippen molar-refractivity contribution in [2.75, 3.05) is 53.0 Å². The Hall–Kier alpha value is -5.45. The predicted molar refractivity (Wildman–Crippen MR) is 182 cm³/mol. The van der Waals surface area contributed by atoms with Crippen molar-refractivity contribution in [3.05, 3.63) is 93.6 Å². The van der Waals surface area contributed by atoms with Gasteiger partial charge in [-0.15, -0.1) is 9.13 Å². The lowest BCUT2D eigenvalue weighted by Crippen LogP contribution is -2.24. The number of carbonyl (C=O) groups excluding carboxylic acids is 4. The number of aromatic nitrogens is 10. The number of ether oxygens (including phenoxy) is 3. The Kier molecular flexibility index (Phi) is 30.3. The average molecular weight is 729 g/mol. The number of rotatable bonds is 3. The summed E-state index contributed by atoms with van der Waals surface area (Å²) >= 11 is 7.66. The molecule has 0 aromatic carbocycles. The van der Waals surface area contributed by atoms with Crippen molar-refractivity contribution in [2.24, 2.45) is 5.73 Å². The van der Waals surface area contributed by atoms with Crippen molar-refractivity contribution in [1.82, 2.24) is 43.5 Å². The van der Waals surface area contributed by atoms with Gasteiger partial charge in [-0.05, 0) is 0 Å². The Morgan fingerprint density at radius 2 is 1.27 bits per heavy atom. The van der Waals surface area contributed by atoms with Crippen LogP contribution in [-0.4, -0.2) is 121 Å². The van der Waals surface area contributed by atoms with E-state index in [1.54, 1.807) is 68.3 Å². The number of imidazole rings is 5. The molecule has 5 aromatic rings. The molecule has 5 rings (SSSR count). The second-order valence-corrected chi connectivity index (χ2v) is 8.51. The summed E-state index contributed by atoms with van der Waals surface area (Å²) in [5.41, 5.74) is 4.95. The number of nitrogens with one attached hydrogen (secondary N) is 4. The van der Waals surface area contributed by atoms with Crippen LogP contribution in [0.2, 0.25) is 0 Å². The fourth-order valence-electron chi connectivity index (χ4n) is 2.34. The number of hydrogen-bond acceptors (Lipinski definition) is 14. The van der Waals surface area contributed by atoms with Crippen LogP contribution in [0.15, 0.2) is 93.6 Å². The SMILES string of the molecule is CO.COC(=O)NCCS.COC(=O)n1cc[nH+]c1.COC(=O)n1cc[nH+]c1.NCCS.O=C(n1ccnc1)n1ccnc1.c1c[nH]cn1. The zero-order chi connectivity index (χ0) is 37.1. The second kappa shape index (κ2) is 32.5. The number of thiol groups is 2. The molecule has 0 aliphatic rings. The van der Waals surface area contributed by atoms with Crippen LogP contribution in [0.4, 0.5) is 19.2 Å². The van der Waals surface area contributed by atoms with Gasteiger partial charge in [-0.1, -0.05) is 0 Å². The van der Waals surface area contributed by atoms with Gasteiger partial charge in [0.2, 0.25) is 0 Å². The molecule has 0 spiro atoms. The van der Waals surface area contributed by atoms with Crippen LogP contribution in [0.3, 0.4) is 0 Å². The predicted octanol–water partition coefficient (Wildman–Crippen LogP) is 0.595. The van der Waals surface area contributed by atoms with E-state index in [1.165, 1.54) is 64.9 Å². The van der Waals surface area contributed by atoms with Crippen LogP contribution in [0.25, 0.3) is 0 Å². The molecule has 0 aliphatic carbocycles. The summed E-state index contributed by atoms with van der Waals surface area (Å²) < 4.78 is 18.4. The van der Waals surface area contributed by atoms with Gasteiger partial charge in [0.25, 0.3) is 12.7 Å². The molecular formula is C27H44N12O8S2+2. The number of aromatic amines is 3. The third kappa shape index (κ3) is 23.5. The summed E-state index contributed by atoms with van der Waals surface area (Å²) in [7, 11) is 5.00. The maximum atomic E-state index is 11.4. The molecule has 7 N–H and O–H groups in total. The van der Waals surface area contributed by atoms with Crippen molar-refractivity contribution in [3.8, 4) is 0 Å². The van der Waals surface area contributed by atoms with E-state index in [9.17, 15) is 19.2 Å². The zero-order valence-electron chi connectivity index (χ0n) is 27.4. The quantitative estimate of drug-likeness (QED) is 0.110. The Bertz CT molecular complexity index is 1320. The minimum atomic E-state index is -0.404. The molecule has 0 unspecified atom stereocenters. The summed E-state index contributed by atoms with van der Waals surface area (Å²) in [5, 5.41) is 9.44. The highest BCUT2D eigenvalue weighted by molar-refractivity contribution is 7.80.